The van der Waals surface area contributed by atoms with Gasteiger partial charge in [0.1, 0.15) is 11.8 Å². The van der Waals surface area contributed by atoms with Gasteiger partial charge in [0.25, 0.3) is 0 Å². The lowest BCUT2D eigenvalue weighted by molar-refractivity contribution is 0.417. The molecule has 138 valence electrons. The highest BCUT2D eigenvalue weighted by atomic mass is 35.5. The normalized spacial score (nSPS) is 10.6. The first kappa shape index (κ1) is 17.6. The van der Waals surface area contributed by atoms with Crippen molar-refractivity contribution >= 4 is 39.6 Å². The predicted molar refractivity (Wildman–Crippen MR) is 109 cm³/mol. The average molecular weight is 391 g/mol. The molecule has 4 aromatic rings. The summed E-state index contributed by atoms with van der Waals surface area (Å²) in [7, 11) is 1.55. The van der Waals surface area contributed by atoms with E-state index in [0.717, 1.165) is 11.4 Å². The fourth-order valence-electron chi connectivity index (χ4n) is 2.97. The number of aromatic nitrogens is 3. The van der Waals surface area contributed by atoms with Crippen LogP contribution in [0.15, 0.2) is 55.2 Å². The van der Waals surface area contributed by atoms with Gasteiger partial charge in [0.05, 0.1) is 46.6 Å². The number of halogens is 1. The van der Waals surface area contributed by atoms with Gasteiger partial charge in [-0.25, -0.2) is 4.98 Å². The van der Waals surface area contributed by atoms with Crippen molar-refractivity contribution < 1.29 is 4.74 Å². The summed E-state index contributed by atoms with van der Waals surface area (Å²) < 4.78 is 7.08. The Labute approximate surface area is 166 Å². The van der Waals surface area contributed by atoms with Gasteiger partial charge in [-0.2, -0.15) is 5.26 Å². The van der Waals surface area contributed by atoms with Crippen molar-refractivity contribution in [3.05, 3.63) is 65.8 Å². The number of nitrogens with two attached hydrogens (primary N) is 1. The zero-order valence-corrected chi connectivity index (χ0v) is 15.6. The van der Waals surface area contributed by atoms with Crippen LogP contribution in [0.2, 0.25) is 5.02 Å². The number of ether oxygens (including phenoxy) is 1. The molecule has 8 heteroatoms. The Morgan fingerprint density at radius 3 is 2.82 bits per heavy atom. The highest BCUT2D eigenvalue weighted by Gasteiger charge is 2.13. The lowest BCUT2D eigenvalue weighted by Gasteiger charge is -2.14. The van der Waals surface area contributed by atoms with Crippen molar-refractivity contribution in [2.24, 2.45) is 0 Å². The first-order valence-electron chi connectivity index (χ1n) is 8.32. The number of fused-ring (bicyclic) bond motifs is 1. The Morgan fingerprint density at radius 2 is 2.14 bits per heavy atom. The summed E-state index contributed by atoms with van der Waals surface area (Å²) >= 11 is 6.44. The van der Waals surface area contributed by atoms with E-state index in [1.165, 1.54) is 6.20 Å². The molecule has 0 aliphatic carbocycles. The van der Waals surface area contributed by atoms with Gasteiger partial charge < -0.3 is 20.4 Å². The molecule has 0 radical (unpaired) electrons. The summed E-state index contributed by atoms with van der Waals surface area (Å²) in [5.41, 5.74) is 9.71. The molecular weight excluding hydrogens is 376 g/mol. The monoisotopic (exact) mass is 390 g/mol. The number of rotatable bonds is 4. The maximum absolute atomic E-state index is 9.53. The summed E-state index contributed by atoms with van der Waals surface area (Å²) in [6.45, 7) is 0. The maximum Gasteiger partial charge on any atom is 0.143 e. The van der Waals surface area contributed by atoms with E-state index in [1.807, 2.05) is 22.9 Å². The third-order valence-corrected chi connectivity index (χ3v) is 4.64. The van der Waals surface area contributed by atoms with Crippen molar-refractivity contribution in [1.29, 1.82) is 5.26 Å². The van der Waals surface area contributed by atoms with E-state index in [9.17, 15) is 5.26 Å². The Morgan fingerprint density at radius 1 is 1.29 bits per heavy atom. The number of nitrogens with one attached hydrogen (secondary N) is 1. The van der Waals surface area contributed by atoms with Crippen molar-refractivity contribution in [3.63, 3.8) is 0 Å². The second-order valence-electron chi connectivity index (χ2n) is 6.03. The van der Waals surface area contributed by atoms with E-state index < -0.39 is 0 Å². The third kappa shape index (κ3) is 3.06. The van der Waals surface area contributed by atoms with Gasteiger partial charge in [-0.05, 0) is 24.3 Å². The van der Waals surface area contributed by atoms with Crippen molar-refractivity contribution in [2.45, 2.75) is 0 Å². The van der Waals surface area contributed by atoms with Crippen molar-refractivity contribution in [2.75, 3.05) is 18.2 Å². The minimum atomic E-state index is 0.395. The topological polar surface area (TPSA) is 102 Å². The van der Waals surface area contributed by atoms with Gasteiger partial charge in [-0.3, -0.25) is 4.98 Å². The molecule has 0 unspecified atom stereocenters. The molecule has 2 heterocycles. The molecule has 0 aliphatic heterocycles. The van der Waals surface area contributed by atoms with Crippen LogP contribution in [0, 0.1) is 11.3 Å². The molecule has 0 fully saturated rings. The summed E-state index contributed by atoms with van der Waals surface area (Å²) in [5.74, 6) is 0.531. The minimum Gasteiger partial charge on any atom is -0.495 e. The molecule has 7 nitrogen and oxygen atoms in total. The van der Waals surface area contributed by atoms with Gasteiger partial charge in [0.2, 0.25) is 0 Å². The molecule has 2 aromatic heterocycles. The Bertz CT molecular complexity index is 1210. The van der Waals surface area contributed by atoms with Crippen LogP contribution in [0.5, 0.6) is 5.75 Å². The number of pyridine rings is 1. The quantitative estimate of drug-likeness (QED) is 0.504. The molecule has 0 saturated heterocycles. The fraction of sp³-hybridized carbons (Fsp3) is 0.0500. The van der Waals surface area contributed by atoms with E-state index in [1.54, 1.807) is 37.8 Å². The molecule has 4 rings (SSSR count). The Hall–Kier alpha value is -3.76. The largest absolute Gasteiger partial charge is 0.495 e. The fourth-order valence-corrected chi connectivity index (χ4v) is 3.25. The van der Waals surface area contributed by atoms with E-state index in [2.05, 4.69) is 21.4 Å². The number of anilines is 3. The maximum atomic E-state index is 9.53. The van der Waals surface area contributed by atoms with Gasteiger partial charge in [-0.1, -0.05) is 11.6 Å². The first-order chi connectivity index (χ1) is 13.6. The molecule has 0 spiro atoms. The van der Waals surface area contributed by atoms with E-state index in [-0.39, 0.29) is 0 Å². The second-order valence-corrected chi connectivity index (χ2v) is 6.44. The molecule has 0 amide bonds. The van der Waals surface area contributed by atoms with Gasteiger partial charge in [0.15, 0.2) is 0 Å². The predicted octanol–water partition coefficient (Wildman–Crippen LogP) is 4.28. The van der Waals surface area contributed by atoms with Crippen molar-refractivity contribution in [1.82, 2.24) is 14.5 Å². The number of hydrogen-bond donors (Lipinski definition) is 2. The summed E-state index contributed by atoms with van der Waals surface area (Å²) in [4.78, 5) is 8.37. The number of nitrogen functional groups attached to an aromatic ring is 1. The smallest absolute Gasteiger partial charge is 0.143 e. The van der Waals surface area contributed by atoms with Crippen LogP contribution in [0.4, 0.5) is 17.1 Å². The highest BCUT2D eigenvalue weighted by molar-refractivity contribution is 6.32. The highest BCUT2D eigenvalue weighted by Crippen LogP contribution is 2.35. The second kappa shape index (κ2) is 7.10. The SMILES string of the molecule is COc1cc2ncc(C#N)c(Nc3ccc(-n4ccnc4)c(Cl)c3)c2cc1N. The van der Waals surface area contributed by atoms with E-state index in [4.69, 9.17) is 22.1 Å². The van der Waals surface area contributed by atoms with E-state index in [0.29, 0.717) is 38.6 Å². The molecule has 2 aromatic carbocycles. The van der Waals surface area contributed by atoms with Crippen molar-refractivity contribution in [3.8, 4) is 17.5 Å². The Kier molecular flexibility index (Phi) is 4.47. The lowest BCUT2D eigenvalue weighted by atomic mass is 10.1. The molecule has 3 N–H and O–H groups in total. The van der Waals surface area contributed by atoms with Crippen LogP contribution in [-0.4, -0.2) is 21.6 Å². The molecule has 0 aliphatic rings. The summed E-state index contributed by atoms with van der Waals surface area (Å²) in [5, 5.41) is 14.1. The number of benzene rings is 2. The first-order valence-corrected chi connectivity index (χ1v) is 8.69. The third-order valence-electron chi connectivity index (χ3n) is 4.34. The van der Waals surface area contributed by atoms with Gasteiger partial charge in [-0.15, -0.1) is 0 Å². The van der Waals surface area contributed by atoms with Crippen LogP contribution in [-0.2, 0) is 0 Å². The standard InChI is InChI=1S/C20H15ClN6O/c1-28-19-8-17-14(7-16(19)23)20(12(9-22)10-25-17)26-13-2-3-18(15(21)6-13)27-5-4-24-11-27/h2-8,10-11H,23H2,1H3,(H,25,26). The zero-order valence-electron chi connectivity index (χ0n) is 14.8. The van der Waals surface area contributed by atoms with Crippen LogP contribution < -0.4 is 15.8 Å². The molecule has 28 heavy (non-hydrogen) atoms. The van der Waals surface area contributed by atoms with E-state index >= 15 is 0 Å². The van der Waals surface area contributed by atoms with Gasteiger partial charge in [0, 0.05) is 35.7 Å². The Balaban J connectivity index is 1.80. The lowest BCUT2D eigenvalue weighted by Crippen LogP contribution is -2.00. The number of nitriles is 1. The summed E-state index contributed by atoms with van der Waals surface area (Å²) in [6, 6.07) is 11.2. The average Bonchev–Trinajstić information content (AvgIpc) is 3.22. The van der Waals surface area contributed by atoms with Crippen LogP contribution in [0.25, 0.3) is 16.6 Å². The molecule has 0 bridgehead atoms. The number of nitrogens with zero attached hydrogens (tertiary/aromatic N) is 4. The zero-order chi connectivity index (χ0) is 19.7. The minimum absolute atomic E-state index is 0.395. The van der Waals surface area contributed by atoms with Crippen LogP contribution in [0.3, 0.4) is 0 Å². The number of hydrogen-bond acceptors (Lipinski definition) is 6. The molecule has 0 atom stereocenters. The molecular formula is C20H15ClN6O. The van der Waals surface area contributed by atoms with Crippen LogP contribution in [0.1, 0.15) is 5.56 Å². The molecule has 0 saturated carbocycles. The van der Waals surface area contributed by atoms with Crippen LogP contribution >= 0.6 is 11.6 Å². The van der Waals surface area contributed by atoms with Gasteiger partial charge >= 0.3 is 0 Å². The number of methoxy groups -OCH3 is 1. The number of imidazole rings is 1. The summed E-state index contributed by atoms with van der Waals surface area (Å²) in [6.07, 6.45) is 6.69.